The van der Waals surface area contributed by atoms with E-state index in [4.69, 9.17) is 13.9 Å². The summed E-state index contributed by atoms with van der Waals surface area (Å²) < 4.78 is 15.6. The lowest BCUT2D eigenvalue weighted by Gasteiger charge is -2.12. The standard InChI is InChI=1S/C20H16O6/c1-12(19(22)13-7-9-14(24-2)10-8-13)25-20(23)18-11-16(21)15-5-3-4-6-17(15)26-18/h3-12H,1-2H3/t12-/m0/s1. The maximum atomic E-state index is 12.4. The van der Waals surface area contributed by atoms with Gasteiger partial charge in [0.2, 0.25) is 11.5 Å². The van der Waals surface area contributed by atoms with Crippen molar-refractivity contribution in [2.75, 3.05) is 7.11 Å². The van der Waals surface area contributed by atoms with E-state index in [0.29, 0.717) is 16.7 Å². The SMILES string of the molecule is COc1ccc(C(=O)[C@H](C)OC(=O)c2cc(=O)c3ccccc3o2)cc1. The number of Topliss-reactive ketones (excluding diaryl/α,β-unsaturated/α-hetero) is 1. The minimum Gasteiger partial charge on any atom is -0.497 e. The number of hydrogen-bond acceptors (Lipinski definition) is 6. The van der Waals surface area contributed by atoms with Crippen molar-refractivity contribution in [2.45, 2.75) is 13.0 Å². The maximum absolute atomic E-state index is 12.4. The molecule has 0 N–H and O–H groups in total. The van der Waals surface area contributed by atoms with Gasteiger partial charge in [-0.25, -0.2) is 4.79 Å². The molecule has 2 aromatic carbocycles. The number of benzene rings is 2. The zero-order valence-electron chi connectivity index (χ0n) is 14.2. The van der Waals surface area contributed by atoms with E-state index in [-0.39, 0.29) is 22.6 Å². The maximum Gasteiger partial charge on any atom is 0.375 e. The summed E-state index contributed by atoms with van der Waals surface area (Å²) >= 11 is 0. The zero-order chi connectivity index (χ0) is 18.7. The lowest BCUT2D eigenvalue weighted by molar-refractivity contribution is 0.0289. The second-order valence-electron chi connectivity index (χ2n) is 5.61. The molecule has 6 nitrogen and oxygen atoms in total. The summed E-state index contributed by atoms with van der Waals surface area (Å²) in [6.45, 7) is 1.46. The molecule has 0 bridgehead atoms. The highest BCUT2D eigenvalue weighted by atomic mass is 16.6. The molecule has 3 aromatic rings. The number of rotatable bonds is 5. The number of carbonyl (C=O) groups is 2. The number of fused-ring (bicyclic) bond motifs is 1. The van der Waals surface area contributed by atoms with E-state index in [2.05, 4.69) is 0 Å². The summed E-state index contributed by atoms with van der Waals surface area (Å²) in [6.07, 6.45) is -1.03. The van der Waals surface area contributed by atoms with E-state index in [0.717, 1.165) is 6.07 Å². The van der Waals surface area contributed by atoms with Crippen LogP contribution in [0.4, 0.5) is 0 Å². The van der Waals surface area contributed by atoms with E-state index in [1.807, 2.05) is 0 Å². The second kappa shape index (κ2) is 7.23. The van der Waals surface area contributed by atoms with Gasteiger partial charge in [0.05, 0.1) is 12.5 Å². The first-order valence-electron chi connectivity index (χ1n) is 7.91. The van der Waals surface area contributed by atoms with Gasteiger partial charge in [0.1, 0.15) is 11.3 Å². The molecule has 0 saturated heterocycles. The minimum atomic E-state index is -1.03. The topological polar surface area (TPSA) is 82.8 Å². The fraction of sp³-hybridized carbons (Fsp3) is 0.150. The molecule has 0 aliphatic heterocycles. The minimum absolute atomic E-state index is 0.247. The lowest BCUT2D eigenvalue weighted by Crippen LogP contribution is -2.25. The second-order valence-corrected chi connectivity index (χ2v) is 5.61. The summed E-state index contributed by atoms with van der Waals surface area (Å²) in [5, 5.41) is 0.367. The van der Waals surface area contributed by atoms with Gasteiger partial charge in [-0.2, -0.15) is 0 Å². The van der Waals surface area contributed by atoms with E-state index < -0.39 is 12.1 Å². The van der Waals surface area contributed by atoms with Crippen LogP contribution < -0.4 is 10.2 Å². The number of methoxy groups -OCH3 is 1. The molecule has 1 heterocycles. The van der Waals surface area contributed by atoms with Crippen LogP contribution in [0.1, 0.15) is 27.8 Å². The highest BCUT2D eigenvalue weighted by molar-refractivity contribution is 6.01. The Morgan fingerprint density at radius 1 is 1.04 bits per heavy atom. The van der Waals surface area contributed by atoms with Gasteiger partial charge < -0.3 is 13.9 Å². The van der Waals surface area contributed by atoms with E-state index >= 15 is 0 Å². The molecule has 0 amide bonds. The molecular formula is C20H16O6. The Hall–Kier alpha value is -3.41. The Morgan fingerprint density at radius 3 is 2.42 bits per heavy atom. The van der Waals surface area contributed by atoms with Crippen LogP contribution in [0, 0.1) is 0 Å². The smallest absolute Gasteiger partial charge is 0.375 e. The molecule has 26 heavy (non-hydrogen) atoms. The van der Waals surface area contributed by atoms with Crippen molar-refractivity contribution in [1.82, 2.24) is 0 Å². The molecule has 0 unspecified atom stereocenters. The van der Waals surface area contributed by atoms with E-state index in [9.17, 15) is 14.4 Å². The van der Waals surface area contributed by atoms with Gasteiger partial charge >= 0.3 is 5.97 Å². The van der Waals surface area contributed by atoms with Crippen LogP contribution in [0.3, 0.4) is 0 Å². The monoisotopic (exact) mass is 352 g/mol. The molecule has 1 atom stereocenters. The molecule has 3 rings (SSSR count). The van der Waals surface area contributed by atoms with Crippen LogP contribution in [0.5, 0.6) is 5.75 Å². The summed E-state index contributed by atoms with van der Waals surface area (Å²) in [6, 6.07) is 14.1. The summed E-state index contributed by atoms with van der Waals surface area (Å²) in [4.78, 5) is 36.7. The van der Waals surface area contributed by atoms with Gasteiger partial charge in [-0.3, -0.25) is 9.59 Å². The van der Waals surface area contributed by atoms with Crippen molar-refractivity contribution in [1.29, 1.82) is 0 Å². The Labute approximate surface area is 149 Å². The van der Waals surface area contributed by atoms with Gasteiger partial charge in [0.25, 0.3) is 0 Å². The third-order valence-corrected chi connectivity index (χ3v) is 3.86. The molecule has 132 valence electrons. The van der Waals surface area contributed by atoms with Gasteiger partial charge in [0, 0.05) is 11.6 Å². The highest BCUT2D eigenvalue weighted by Gasteiger charge is 2.22. The number of para-hydroxylation sites is 1. The molecule has 6 heteroatoms. The van der Waals surface area contributed by atoms with Crippen molar-refractivity contribution >= 4 is 22.7 Å². The normalized spacial score (nSPS) is 11.8. The van der Waals surface area contributed by atoms with Crippen molar-refractivity contribution in [3.05, 3.63) is 76.1 Å². The Balaban J connectivity index is 1.78. The fourth-order valence-corrected chi connectivity index (χ4v) is 2.47. The van der Waals surface area contributed by atoms with Gasteiger partial charge in [0.15, 0.2) is 11.5 Å². The van der Waals surface area contributed by atoms with Crippen molar-refractivity contribution in [3.8, 4) is 5.75 Å². The van der Waals surface area contributed by atoms with Crippen molar-refractivity contribution < 1.29 is 23.5 Å². The van der Waals surface area contributed by atoms with E-state index in [1.165, 1.54) is 14.0 Å². The third kappa shape index (κ3) is 3.49. The van der Waals surface area contributed by atoms with Crippen LogP contribution >= 0.6 is 0 Å². The third-order valence-electron chi connectivity index (χ3n) is 3.86. The first kappa shape index (κ1) is 17.4. The Bertz CT molecular complexity index is 1020. The van der Waals surface area contributed by atoms with Gasteiger partial charge in [-0.1, -0.05) is 12.1 Å². The van der Waals surface area contributed by atoms with Crippen LogP contribution in [-0.4, -0.2) is 25.0 Å². The van der Waals surface area contributed by atoms with Crippen LogP contribution in [0.15, 0.2) is 63.8 Å². The Kier molecular flexibility index (Phi) is 4.84. The number of carbonyl (C=O) groups excluding carboxylic acids is 2. The molecule has 1 aromatic heterocycles. The first-order valence-corrected chi connectivity index (χ1v) is 7.91. The van der Waals surface area contributed by atoms with Crippen molar-refractivity contribution in [2.24, 2.45) is 0 Å². The van der Waals surface area contributed by atoms with Gasteiger partial charge in [-0.15, -0.1) is 0 Å². The number of hydrogen-bond donors (Lipinski definition) is 0. The molecule has 0 fully saturated rings. The average Bonchev–Trinajstić information content (AvgIpc) is 2.67. The number of ketones is 1. The Morgan fingerprint density at radius 2 is 1.73 bits per heavy atom. The number of ether oxygens (including phenoxy) is 2. The van der Waals surface area contributed by atoms with E-state index in [1.54, 1.807) is 48.5 Å². The predicted molar refractivity (Wildman–Crippen MR) is 94.7 cm³/mol. The summed E-state index contributed by atoms with van der Waals surface area (Å²) in [5.74, 6) is -0.876. The molecular weight excluding hydrogens is 336 g/mol. The summed E-state index contributed by atoms with van der Waals surface area (Å²) in [5.41, 5.74) is 0.306. The lowest BCUT2D eigenvalue weighted by atomic mass is 10.1. The molecule has 0 aliphatic carbocycles. The number of esters is 1. The summed E-state index contributed by atoms with van der Waals surface area (Å²) in [7, 11) is 1.53. The average molecular weight is 352 g/mol. The predicted octanol–water partition coefficient (Wildman–Crippen LogP) is 3.23. The molecule has 0 saturated carbocycles. The molecule has 0 radical (unpaired) electrons. The zero-order valence-corrected chi connectivity index (χ0v) is 14.2. The van der Waals surface area contributed by atoms with Gasteiger partial charge in [-0.05, 0) is 43.3 Å². The molecule has 0 aliphatic rings. The quantitative estimate of drug-likeness (QED) is 0.518. The molecule has 0 spiro atoms. The first-order chi connectivity index (χ1) is 12.5. The van der Waals surface area contributed by atoms with Crippen LogP contribution in [0.25, 0.3) is 11.0 Å². The fourth-order valence-electron chi connectivity index (χ4n) is 2.47. The largest absolute Gasteiger partial charge is 0.497 e. The van der Waals surface area contributed by atoms with Crippen LogP contribution in [0.2, 0.25) is 0 Å². The van der Waals surface area contributed by atoms with Crippen molar-refractivity contribution in [3.63, 3.8) is 0 Å². The highest BCUT2D eigenvalue weighted by Crippen LogP contribution is 2.16. The van der Waals surface area contributed by atoms with Crippen LogP contribution in [-0.2, 0) is 4.74 Å².